The van der Waals surface area contributed by atoms with Gasteiger partial charge in [-0.1, -0.05) is 46.4 Å². The van der Waals surface area contributed by atoms with Crippen LogP contribution in [0.25, 0.3) is 0 Å². The van der Waals surface area contributed by atoms with Gasteiger partial charge in [-0.2, -0.15) is 0 Å². The molecule has 0 atom stereocenters. The smallest absolute Gasteiger partial charge is 0.342 e. The van der Waals surface area contributed by atoms with E-state index < -0.39 is 18.5 Å². The van der Waals surface area contributed by atoms with Gasteiger partial charge in [0.2, 0.25) is 0 Å². The van der Waals surface area contributed by atoms with Crippen LogP contribution < -0.4 is 10.1 Å². The summed E-state index contributed by atoms with van der Waals surface area (Å²) in [5.74, 6) is -1.11. The molecule has 0 saturated heterocycles. The Morgan fingerprint density at radius 2 is 1.64 bits per heavy atom. The second-order valence-corrected chi connectivity index (χ2v) is 6.40. The molecule has 0 fully saturated rings. The Balaban J connectivity index is 2.03. The van der Waals surface area contributed by atoms with E-state index in [2.05, 4.69) is 5.32 Å². The van der Waals surface area contributed by atoms with Crippen LogP contribution in [0, 0.1) is 0 Å². The van der Waals surface area contributed by atoms with E-state index >= 15 is 0 Å². The van der Waals surface area contributed by atoms with Crippen LogP contribution in [0.3, 0.4) is 0 Å². The largest absolute Gasteiger partial charge is 0.496 e. The monoisotopic (exact) mass is 421 g/mol. The highest BCUT2D eigenvalue weighted by Gasteiger charge is 2.17. The summed E-state index contributed by atoms with van der Waals surface area (Å²) >= 11 is 23.6. The van der Waals surface area contributed by atoms with Crippen molar-refractivity contribution in [2.24, 2.45) is 0 Å². The first-order valence-electron chi connectivity index (χ1n) is 6.77. The van der Waals surface area contributed by atoms with Crippen molar-refractivity contribution >= 4 is 64.0 Å². The molecule has 0 bridgehead atoms. The van der Waals surface area contributed by atoms with Crippen LogP contribution in [0.1, 0.15) is 10.4 Å². The fourth-order valence-electron chi connectivity index (χ4n) is 1.89. The summed E-state index contributed by atoms with van der Waals surface area (Å²) in [4.78, 5) is 24.1. The molecule has 2 rings (SSSR count). The van der Waals surface area contributed by atoms with Crippen LogP contribution in [0.4, 0.5) is 5.69 Å². The second kappa shape index (κ2) is 8.63. The fraction of sp³-hybridized carbons (Fsp3) is 0.125. The van der Waals surface area contributed by atoms with E-state index in [1.165, 1.54) is 31.4 Å². The summed E-state index contributed by atoms with van der Waals surface area (Å²) in [6.45, 7) is -0.552. The van der Waals surface area contributed by atoms with Gasteiger partial charge in [-0.3, -0.25) is 4.79 Å². The molecule has 0 unspecified atom stereocenters. The number of halogens is 4. The highest BCUT2D eigenvalue weighted by Crippen LogP contribution is 2.33. The summed E-state index contributed by atoms with van der Waals surface area (Å²) in [5, 5.41) is 3.44. The van der Waals surface area contributed by atoms with Gasteiger partial charge in [0, 0.05) is 10.0 Å². The Kier molecular flexibility index (Phi) is 6.79. The first-order chi connectivity index (χ1) is 11.8. The normalized spacial score (nSPS) is 10.3. The minimum absolute atomic E-state index is 0.102. The van der Waals surface area contributed by atoms with Crippen molar-refractivity contribution in [3.05, 3.63) is 56.0 Å². The molecular weight excluding hydrogens is 412 g/mol. The number of esters is 1. The molecule has 2 aromatic rings. The molecule has 0 aliphatic rings. The van der Waals surface area contributed by atoms with E-state index in [0.29, 0.717) is 10.0 Å². The molecular formula is C16H11Cl4NO4. The quantitative estimate of drug-likeness (QED) is 0.680. The predicted octanol–water partition coefficient (Wildman–Crippen LogP) is 5.10. The molecule has 25 heavy (non-hydrogen) atoms. The van der Waals surface area contributed by atoms with Gasteiger partial charge < -0.3 is 14.8 Å². The lowest BCUT2D eigenvalue weighted by atomic mass is 10.2. The predicted molar refractivity (Wildman–Crippen MR) is 98.4 cm³/mol. The summed E-state index contributed by atoms with van der Waals surface area (Å²) < 4.78 is 10.0. The van der Waals surface area contributed by atoms with Crippen LogP contribution in [0.5, 0.6) is 5.75 Å². The number of nitrogens with one attached hydrogen (secondary N) is 1. The molecule has 1 N–H and O–H groups in total. The molecule has 1 amide bonds. The SMILES string of the molecule is COc1ccc(Cl)cc1C(=O)OCC(=O)Nc1c(Cl)cc(Cl)cc1Cl. The standard InChI is InChI=1S/C16H11Cl4NO4/c1-24-13-3-2-8(17)4-10(13)16(23)25-7-14(22)21-15-11(19)5-9(18)6-12(15)20/h2-6H,7H2,1H3,(H,21,22). The third-order valence-electron chi connectivity index (χ3n) is 2.99. The second-order valence-electron chi connectivity index (χ2n) is 4.71. The Morgan fingerprint density at radius 1 is 1.00 bits per heavy atom. The van der Waals surface area contributed by atoms with Crippen LogP contribution in [0.2, 0.25) is 20.1 Å². The molecule has 9 heteroatoms. The minimum atomic E-state index is -0.761. The molecule has 0 radical (unpaired) electrons. The van der Waals surface area contributed by atoms with Gasteiger partial charge in [0.15, 0.2) is 6.61 Å². The lowest BCUT2D eigenvalue weighted by Crippen LogP contribution is -2.21. The Bertz CT molecular complexity index is 803. The molecule has 0 heterocycles. The van der Waals surface area contributed by atoms with Crippen molar-refractivity contribution in [1.82, 2.24) is 0 Å². The number of carbonyl (C=O) groups is 2. The van der Waals surface area contributed by atoms with Crippen LogP contribution in [0.15, 0.2) is 30.3 Å². The van der Waals surface area contributed by atoms with Gasteiger partial charge in [-0.25, -0.2) is 4.79 Å². The van der Waals surface area contributed by atoms with E-state index in [9.17, 15) is 9.59 Å². The molecule has 5 nitrogen and oxygen atoms in total. The molecule has 2 aromatic carbocycles. The zero-order valence-corrected chi connectivity index (χ0v) is 15.8. The lowest BCUT2D eigenvalue weighted by Gasteiger charge is -2.11. The number of hydrogen-bond donors (Lipinski definition) is 1. The third kappa shape index (κ3) is 5.16. The maximum atomic E-state index is 12.1. The molecule has 0 aliphatic carbocycles. The first kappa shape index (κ1) is 19.7. The van der Waals surface area contributed by atoms with Crippen molar-refractivity contribution in [3.8, 4) is 5.75 Å². The number of hydrogen-bond acceptors (Lipinski definition) is 4. The number of benzene rings is 2. The average molecular weight is 423 g/mol. The lowest BCUT2D eigenvalue weighted by molar-refractivity contribution is -0.119. The molecule has 0 spiro atoms. The molecule has 0 saturated carbocycles. The molecule has 132 valence electrons. The van der Waals surface area contributed by atoms with E-state index in [4.69, 9.17) is 55.9 Å². The first-order valence-corrected chi connectivity index (χ1v) is 8.28. The maximum Gasteiger partial charge on any atom is 0.342 e. The highest BCUT2D eigenvalue weighted by molar-refractivity contribution is 6.42. The number of methoxy groups -OCH3 is 1. The van der Waals surface area contributed by atoms with E-state index in [-0.39, 0.29) is 27.0 Å². The van der Waals surface area contributed by atoms with Crippen molar-refractivity contribution in [1.29, 1.82) is 0 Å². The third-order valence-corrected chi connectivity index (χ3v) is 4.04. The Hall–Kier alpha value is -1.66. The van der Waals surface area contributed by atoms with Crippen molar-refractivity contribution in [2.45, 2.75) is 0 Å². The number of anilines is 1. The zero-order chi connectivity index (χ0) is 18.6. The van der Waals surface area contributed by atoms with E-state index in [1.807, 2.05) is 0 Å². The summed E-state index contributed by atoms with van der Waals surface area (Å²) in [7, 11) is 1.40. The molecule has 0 aromatic heterocycles. The number of carbonyl (C=O) groups excluding carboxylic acids is 2. The van der Waals surface area contributed by atoms with Crippen molar-refractivity contribution in [3.63, 3.8) is 0 Å². The average Bonchev–Trinajstić information content (AvgIpc) is 2.55. The zero-order valence-electron chi connectivity index (χ0n) is 12.7. The summed E-state index contributed by atoms with van der Waals surface area (Å²) in [6.07, 6.45) is 0. The van der Waals surface area contributed by atoms with Gasteiger partial charge in [-0.15, -0.1) is 0 Å². The molecule has 0 aliphatic heterocycles. The number of rotatable bonds is 5. The van der Waals surface area contributed by atoms with E-state index in [1.54, 1.807) is 6.07 Å². The fourth-order valence-corrected chi connectivity index (χ4v) is 2.97. The van der Waals surface area contributed by atoms with Crippen molar-refractivity contribution < 1.29 is 19.1 Å². The van der Waals surface area contributed by atoms with E-state index in [0.717, 1.165) is 0 Å². The maximum absolute atomic E-state index is 12.1. The number of ether oxygens (including phenoxy) is 2. The van der Waals surface area contributed by atoms with Gasteiger partial charge in [0.1, 0.15) is 11.3 Å². The summed E-state index contributed by atoms with van der Waals surface area (Å²) in [6, 6.07) is 7.31. The Morgan fingerprint density at radius 3 is 2.24 bits per heavy atom. The topological polar surface area (TPSA) is 64.6 Å². The van der Waals surface area contributed by atoms with Crippen LogP contribution >= 0.6 is 46.4 Å². The van der Waals surface area contributed by atoms with Crippen LogP contribution in [-0.2, 0) is 9.53 Å². The Labute approximate surface area is 163 Å². The van der Waals surface area contributed by atoms with Gasteiger partial charge in [-0.05, 0) is 30.3 Å². The summed E-state index contributed by atoms with van der Waals surface area (Å²) in [5.41, 5.74) is 0.277. The minimum Gasteiger partial charge on any atom is -0.496 e. The van der Waals surface area contributed by atoms with Crippen LogP contribution in [-0.4, -0.2) is 25.6 Å². The van der Waals surface area contributed by atoms with Gasteiger partial charge in [0.05, 0.1) is 22.8 Å². The van der Waals surface area contributed by atoms with Crippen molar-refractivity contribution in [2.75, 3.05) is 19.0 Å². The van der Waals surface area contributed by atoms with Gasteiger partial charge in [0.25, 0.3) is 5.91 Å². The highest BCUT2D eigenvalue weighted by atomic mass is 35.5. The van der Waals surface area contributed by atoms with Gasteiger partial charge >= 0.3 is 5.97 Å². The number of amides is 1.